The van der Waals surface area contributed by atoms with Crippen molar-refractivity contribution in [2.24, 2.45) is 0 Å². The fraction of sp³-hybridized carbons (Fsp3) is 0.571. The first kappa shape index (κ1) is 8.21. The molecular weight excluding hydrogens is 114 g/mol. The van der Waals surface area contributed by atoms with Crippen molar-refractivity contribution in [1.29, 1.82) is 0 Å². The fourth-order valence-electron chi connectivity index (χ4n) is 0.392. The van der Waals surface area contributed by atoms with Gasteiger partial charge in [0.2, 0.25) is 5.91 Å². The van der Waals surface area contributed by atoms with E-state index in [2.05, 4.69) is 0 Å². The summed E-state index contributed by atoms with van der Waals surface area (Å²) in [6, 6.07) is 0. The minimum atomic E-state index is 0.105. The molecule has 0 aliphatic carbocycles. The van der Waals surface area contributed by atoms with Crippen molar-refractivity contribution in [2.75, 3.05) is 13.6 Å². The van der Waals surface area contributed by atoms with Gasteiger partial charge in [0.25, 0.3) is 0 Å². The summed E-state index contributed by atoms with van der Waals surface area (Å²) in [7, 11) is 1.78. The molecule has 0 atom stereocenters. The number of likely N-dealkylation sites (N-methyl/N-ethyl adjacent to an activating group) is 1. The molecule has 0 spiro atoms. The van der Waals surface area contributed by atoms with Crippen LogP contribution in [0.3, 0.4) is 0 Å². The van der Waals surface area contributed by atoms with Crippen LogP contribution in [-0.2, 0) is 4.79 Å². The summed E-state index contributed by atoms with van der Waals surface area (Å²) in [5.74, 6) is 0.105. The van der Waals surface area contributed by atoms with Crippen molar-refractivity contribution >= 4 is 5.91 Å². The molecule has 0 rings (SSSR count). The number of allylic oxidation sites excluding steroid dienone is 1. The number of carbonyl (C=O) groups is 1. The van der Waals surface area contributed by atoms with E-state index in [1.807, 2.05) is 19.1 Å². The largest absolute Gasteiger partial charge is 0.342 e. The fourth-order valence-corrected chi connectivity index (χ4v) is 0.392. The molecule has 9 heavy (non-hydrogen) atoms. The van der Waals surface area contributed by atoms with Gasteiger partial charge in [0.05, 0.1) is 0 Å². The summed E-state index contributed by atoms with van der Waals surface area (Å²) in [4.78, 5) is 12.2. The van der Waals surface area contributed by atoms with E-state index < -0.39 is 0 Å². The maximum atomic E-state index is 10.5. The zero-order chi connectivity index (χ0) is 7.28. The number of hydrogen-bond donors (Lipinski definition) is 0. The number of rotatable bonds is 2. The van der Waals surface area contributed by atoms with E-state index in [-0.39, 0.29) is 5.91 Å². The van der Waals surface area contributed by atoms with Gasteiger partial charge in [-0.3, -0.25) is 4.79 Å². The molecule has 0 bridgehead atoms. The Bertz CT molecular complexity index is 118. The lowest BCUT2D eigenvalue weighted by Gasteiger charge is -2.10. The molecule has 0 radical (unpaired) electrons. The second kappa shape index (κ2) is 4.13. The Morgan fingerprint density at radius 3 is 2.56 bits per heavy atom. The lowest BCUT2D eigenvalue weighted by molar-refractivity contribution is -0.127. The van der Waals surface area contributed by atoms with Crippen LogP contribution in [0.4, 0.5) is 0 Å². The molecule has 2 heteroatoms. The van der Waals surface area contributed by atoms with E-state index in [0.29, 0.717) is 6.54 Å². The van der Waals surface area contributed by atoms with Crippen LogP contribution in [0.2, 0.25) is 0 Å². The predicted octanol–water partition coefficient (Wildman–Crippen LogP) is 1.04. The zero-order valence-corrected chi connectivity index (χ0v) is 6.22. The smallest absolute Gasteiger partial charge is 0.219 e. The van der Waals surface area contributed by atoms with Crippen LogP contribution in [0.15, 0.2) is 12.2 Å². The van der Waals surface area contributed by atoms with E-state index in [0.717, 1.165) is 0 Å². The van der Waals surface area contributed by atoms with Gasteiger partial charge in [-0.25, -0.2) is 0 Å². The van der Waals surface area contributed by atoms with Gasteiger partial charge in [0, 0.05) is 20.5 Å². The molecule has 1 amide bonds. The van der Waals surface area contributed by atoms with E-state index in [4.69, 9.17) is 0 Å². The average Bonchev–Trinajstić information content (AvgIpc) is 1.82. The van der Waals surface area contributed by atoms with Crippen molar-refractivity contribution in [3.63, 3.8) is 0 Å². The van der Waals surface area contributed by atoms with Gasteiger partial charge in [0.15, 0.2) is 0 Å². The number of amides is 1. The van der Waals surface area contributed by atoms with Gasteiger partial charge in [-0.05, 0) is 6.92 Å². The summed E-state index contributed by atoms with van der Waals surface area (Å²) in [6.45, 7) is 4.21. The molecule has 0 aromatic heterocycles. The van der Waals surface area contributed by atoms with Crippen LogP contribution in [0.25, 0.3) is 0 Å². The third kappa shape index (κ3) is 3.76. The maximum absolute atomic E-state index is 10.5. The first-order valence-corrected chi connectivity index (χ1v) is 3.01. The second-order valence-electron chi connectivity index (χ2n) is 1.97. The highest BCUT2D eigenvalue weighted by atomic mass is 16.2. The highest BCUT2D eigenvalue weighted by molar-refractivity contribution is 5.72. The van der Waals surface area contributed by atoms with Crippen LogP contribution in [0.1, 0.15) is 13.8 Å². The van der Waals surface area contributed by atoms with Crippen LogP contribution in [-0.4, -0.2) is 24.4 Å². The molecule has 0 aliphatic heterocycles. The topological polar surface area (TPSA) is 20.3 Å². The van der Waals surface area contributed by atoms with E-state index >= 15 is 0 Å². The minimum Gasteiger partial charge on any atom is -0.342 e. The van der Waals surface area contributed by atoms with Crippen LogP contribution in [0, 0.1) is 0 Å². The normalized spacial score (nSPS) is 10.1. The highest BCUT2D eigenvalue weighted by Gasteiger charge is 1.95. The van der Waals surface area contributed by atoms with Crippen LogP contribution >= 0.6 is 0 Å². The van der Waals surface area contributed by atoms with E-state index in [9.17, 15) is 4.79 Å². The summed E-state index contributed by atoms with van der Waals surface area (Å²) in [6.07, 6.45) is 3.88. The highest BCUT2D eigenvalue weighted by Crippen LogP contribution is 1.82. The van der Waals surface area contributed by atoms with E-state index in [1.165, 1.54) is 0 Å². The predicted molar refractivity (Wildman–Crippen MR) is 38.1 cm³/mol. The van der Waals surface area contributed by atoms with Gasteiger partial charge in [-0.2, -0.15) is 0 Å². The first-order valence-electron chi connectivity index (χ1n) is 3.01. The average molecular weight is 127 g/mol. The molecule has 52 valence electrons. The SMILES string of the molecule is C/C=C\CN(C)C(C)=O. The molecule has 0 fully saturated rings. The number of carbonyl (C=O) groups excluding carboxylic acids is 1. The van der Waals surface area contributed by atoms with Gasteiger partial charge < -0.3 is 4.90 Å². The summed E-state index contributed by atoms with van der Waals surface area (Å²) in [5.41, 5.74) is 0. The molecule has 0 saturated carbocycles. The van der Waals surface area contributed by atoms with Crippen molar-refractivity contribution in [3.8, 4) is 0 Å². The molecule has 0 aromatic rings. The Balaban J connectivity index is 3.50. The van der Waals surface area contributed by atoms with Gasteiger partial charge in [-0.1, -0.05) is 12.2 Å². The quantitative estimate of drug-likeness (QED) is 0.507. The molecule has 0 aliphatic rings. The van der Waals surface area contributed by atoms with E-state index in [1.54, 1.807) is 18.9 Å². The maximum Gasteiger partial charge on any atom is 0.219 e. The van der Waals surface area contributed by atoms with Crippen LogP contribution < -0.4 is 0 Å². The molecule has 0 unspecified atom stereocenters. The summed E-state index contributed by atoms with van der Waals surface area (Å²) < 4.78 is 0. The number of nitrogens with zero attached hydrogens (tertiary/aromatic N) is 1. The lowest BCUT2D eigenvalue weighted by Crippen LogP contribution is -2.23. The Morgan fingerprint density at radius 1 is 1.67 bits per heavy atom. The number of hydrogen-bond acceptors (Lipinski definition) is 1. The molecule has 0 N–H and O–H groups in total. The third-order valence-corrected chi connectivity index (χ3v) is 1.15. The van der Waals surface area contributed by atoms with Crippen molar-refractivity contribution in [2.45, 2.75) is 13.8 Å². The lowest BCUT2D eigenvalue weighted by atomic mass is 10.4. The molecule has 0 heterocycles. The summed E-state index contributed by atoms with van der Waals surface area (Å²) in [5, 5.41) is 0. The Labute approximate surface area is 56.2 Å². The van der Waals surface area contributed by atoms with Gasteiger partial charge in [0.1, 0.15) is 0 Å². The Morgan fingerprint density at radius 2 is 2.22 bits per heavy atom. The molecule has 0 saturated heterocycles. The second-order valence-corrected chi connectivity index (χ2v) is 1.97. The monoisotopic (exact) mass is 127 g/mol. The minimum absolute atomic E-state index is 0.105. The van der Waals surface area contributed by atoms with Crippen molar-refractivity contribution in [1.82, 2.24) is 4.90 Å². The summed E-state index contributed by atoms with van der Waals surface area (Å²) >= 11 is 0. The van der Waals surface area contributed by atoms with Gasteiger partial charge in [-0.15, -0.1) is 0 Å². The molecule has 2 nitrogen and oxygen atoms in total. The molecule has 0 aromatic carbocycles. The Kier molecular flexibility index (Phi) is 3.76. The Hall–Kier alpha value is -0.790. The van der Waals surface area contributed by atoms with Gasteiger partial charge >= 0.3 is 0 Å². The zero-order valence-electron chi connectivity index (χ0n) is 6.22. The molecular formula is C7H13NO. The third-order valence-electron chi connectivity index (χ3n) is 1.15. The van der Waals surface area contributed by atoms with Crippen LogP contribution in [0.5, 0.6) is 0 Å². The van der Waals surface area contributed by atoms with Crippen molar-refractivity contribution < 1.29 is 4.79 Å². The standard InChI is InChI=1S/C7H13NO/c1-4-5-6-8(3)7(2)9/h4-5H,6H2,1-3H3/b5-4-. The van der Waals surface area contributed by atoms with Crippen molar-refractivity contribution in [3.05, 3.63) is 12.2 Å². The first-order chi connectivity index (χ1) is 4.18.